The van der Waals surface area contributed by atoms with E-state index in [9.17, 15) is 9.59 Å². The molecule has 0 radical (unpaired) electrons. The van der Waals surface area contributed by atoms with Crippen LogP contribution in [0.15, 0.2) is 24.3 Å². The van der Waals surface area contributed by atoms with E-state index < -0.39 is 11.9 Å². The molecule has 1 heterocycles. The van der Waals surface area contributed by atoms with E-state index in [2.05, 4.69) is 13.8 Å². The molecule has 1 saturated heterocycles. The highest BCUT2D eigenvalue weighted by atomic mass is 16.4. The summed E-state index contributed by atoms with van der Waals surface area (Å²) in [5.41, 5.74) is 1.98. The summed E-state index contributed by atoms with van der Waals surface area (Å²) in [7, 11) is 0. The molecule has 0 aliphatic carbocycles. The topological polar surface area (TPSA) is 57.6 Å². The molecular formula is C15H19NO3. The van der Waals surface area contributed by atoms with Crippen LogP contribution < -0.4 is 4.90 Å². The minimum atomic E-state index is -0.892. The van der Waals surface area contributed by atoms with Gasteiger partial charge in [-0.3, -0.25) is 9.59 Å². The Labute approximate surface area is 113 Å². The first-order valence-electron chi connectivity index (χ1n) is 6.66. The van der Waals surface area contributed by atoms with Crippen LogP contribution in [-0.4, -0.2) is 23.5 Å². The Kier molecular flexibility index (Phi) is 3.88. The normalized spacial score (nSPS) is 20.6. The van der Waals surface area contributed by atoms with Crippen LogP contribution in [0.1, 0.15) is 38.2 Å². The lowest BCUT2D eigenvalue weighted by molar-refractivity contribution is -0.141. The van der Waals surface area contributed by atoms with E-state index in [0.29, 0.717) is 5.92 Å². The molecular weight excluding hydrogens is 242 g/mol. The molecule has 1 aliphatic heterocycles. The molecule has 0 unspecified atom stereocenters. The summed E-state index contributed by atoms with van der Waals surface area (Å²) in [4.78, 5) is 24.7. The maximum atomic E-state index is 12.0. The molecule has 102 valence electrons. The van der Waals surface area contributed by atoms with Crippen molar-refractivity contribution in [2.24, 2.45) is 5.92 Å². The van der Waals surface area contributed by atoms with Crippen LogP contribution in [0.4, 0.5) is 5.69 Å². The van der Waals surface area contributed by atoms with Gasteiger partial charge in [0, 0.05) is 18.7 Å². The van der Waals surface area contributed by atoms with Crippen molar-refractivity contribution in [2.45, 2.75) is 32.6 Å². The summed E-state index contributed by atoms with van der Waals surface area (Å²) in [5.74, 6) is -1.22. The van der Waals surface area contributed by atoms with Gasteiger partial charge < -0.3 is 10.0 Å². The number of hydrogen-bond donors (Lipinski definition) is 1. The summed E-state index contributed by atoms with van der Waals surface area (Å²) in [6.45, 7) is 4.50. The van der Waals surface area contributed by atoms with Gasteiger partial charge in [-0.2, -0.15) is 0 Å². The molecule has 1 aromatic carbocycles. The van der Waals surface area contributed by atoms with Crippen LogP contribution in [0.25, 0.3) is 0 Å². The quantitative estimate of drug-likeness (QED) is 0.906. The fourth-order valence-corrected chi connectivity index (χ4v) is 2.48. The summed E-state index contributed by atoms with van der Waals surface area (Å²) < 4.78 is 0. The number of anilines is 1. The Morgan fingerprint density at radius 2 is 2.16 bits per heavy atom. The molecule has 0 saturated carbocycles. The zero-order valence-electron chi connectivity index (χ0n) is 11.3. The van der Waals surface area contributed by atoms with Crippen molar-refractivity contribution in [2.75, 3.05) is 11.4 Å². The maximum absolute atomic E-state index is 12.0. The van der Waals surface area contributed by atoms with E-state index in [0.717, 1.165) is 17.7 Å². The third kappa shape index (κ3) is 2.62. The lowest BCUT2D eigenvalue weighted by atomic mass is 9.96. The molecule has 4 heteroatoms. The van der Waals surface area contributed by atoms with Gasteiger partial charge in [0.05, 0.1) is 5.92 Å². The van der Waals surface area contributed by atoms with E-state index in [1.807, 2.05) is 24.3 Å². The van der Waals surface area contributed by atoms with Crippen molar-refractivity contribution in [3.8, 4) is 0 Å². The first-order chi connectivity index (χ1) is 9.04. The van der Waals surface area contributed by atoms with Crippen LogP contribution in [0.2, 0.25) is 0 Å². The molecule has 1 N–H and O–H groups in total. The summed E-state index contributed by atoms with van der Waals surface area (Å²) in [6.07, 6.45) is 1.09. The number of benzene rings is 1. The number of amides is 1. The van der Waals surface area contributed by atoms with Gasteiger partial charge in [0.1, 0.15) is 0 Å². The molecule has 4 nitrogen and oxygen atoms in total. The fraction of sp³-hybridized carbons (Fsp3) is 0.467. The Bertz CT molecular complexity index is 498. The van der Waals surface area contributed by atoms with Gasteiger partial charge in [0.15, 0.2) is 0 Å². The molecule has 0 spiro atoms. The molecule has 1 aromatic rings. The second-order valence-corrected chi connectivity index (χ2v) is 5.11. The number of rotatable bonds is 4. The highest BCUT2D eigenvalue weighted by Crippen LogP contribution is 2.33. The molecule has 0 aromatic heterocycles. The molecule has 0 bridgehead atoms. The van der Waals surface area contributed by atoms with Crippen molar-refractivity contribution in [1.29, 1.82) is 0 Å². The monoisotopic (exact) mass is 261 g/mol. The fourth-order valence-electron chi connectivity index (χ4n) is 2.48. The van der Waals surface area contributed by atoms with Gasteiger partial charge in [-0.1, -0.05) is 32.0 Å². The molecule has 19 heavy (non-hydrogen) atoms. The molecule has 1 aliphatic rings. The lowest BCUT2D eigenvalue weighted by Gasteiger charge is -2.22. The summed E-state index contributed by atoms with van der Waals surface area (Å²) in [5, 5.41) is 9.04. The minimum Gasteiger partial charge on any atom is -0.481 e. The first kappa shape index (κ1) is 13.6. The standard InChI is InChI=1S/C15H19NO3/c1-3-10(2)12-6-4-5-7-13(12)16-9-11(15(18)19)8-14(16)17/h4-7,10-11H,3,8-9H2,1-2H3,(H,18,19)/t10-,11+/m0/s1. The van der Waals surface area contributed by atoms with E-state index in [4.69, 9.17) is 5.11 Å². The number of para-hydroxylation sites is 1. The van der Waals surface area contributed by atoms with Crippen LogP contribution in [0.3, 0.4) is 0 Å². The van der Waals surface area contributed by atoms with Gasteiger partial charge in [-0.15, -0.1) is 0 Å². The van der Waals surface area contributed by atoms with Crippen molar-refractivity contribution in [3.63, 3.8) is 0 Å². The smallest absolute Gasteiger partial charge is 0.308 e. The van der Waals surface area contributed by atoms with Gasteiger partial charge in [-0.25, -0.2) is 0 Å². The first-order valence-corrected chi connectivity index (χ1v) is 6.66. The number of hydrogen-bond acceptors (Lipinski definition) is 2. The van der Waals surface area contributed by atoms with E-state index >= 15 is 0 Å². The summed E-state index contributed by atoms with van der Waals surface area (Å²) in [6, 6.07) is 7.78. The van der Waals surface area contributed by atoms with Gasteiger partial charge in [0.25, 0.3) is 0 Å². The van der Waals surface area contributed by atoms with Crippen molar-refractivity contribution in [3.05, 3.63) is 29.8 Å². The third-order valence-electron chi connectivity index (χ3n) is 3.85. The zero-order chi connectivity index (χ0) is 14.0. The van der Waals surface area contributed by atoms with Crippen molar-refractivity contribution < 1.29 is 14.7 Å². The average molecular weight is 261 g/mol. The van der Waals surface area contributed by atoms with Crippen molar-refractivity contribution >= 4 is 17.6 Å². The molecule has 2 atom stereocenters. The van der Waals surface area contributed by atoms with E-state index in [1.165, 1.54) is 0 Å². The van der Waals surface area contributed by atoms with Gasteiger partial charge >= 0.3 is 5.97 Å². The Morgan fingerprint density at radius 3 is 2.74 bits per heavy atom. The predicted molar refractivity (Wildman–Crippen MR) is 73.2 cm³/mol. The highest BCUT2D eigenvalue weighted by molar-refractivity contribution is 5.99. The molecule has 1 fully saturated rings. The largest absolute Gasteiger partial charge is 0.481 e. The minimum absolute atomic E-state index is 0.0943. The third-order valence-corrected chi connectivity index (χ3v) is 3.85. The van der Waals surface area contributed by atoms with Gasteiger partial charge in [0.2, 0.25) is 5.91 Å². The highest BCUT2D eigenvalue weighted by Gasteiger charge is 2.36. The van der Waals surface area contributed by atoms with Crippen molar-refractivity contribution in [1.82, 2.24) is 0 Å². The Balaban J connectivity index is 2.32. The number of carbonyl (C=O) groups is 2. The van der Waals surface area contributed by atoms with Crippen LogP contribution in [0, 0.1) is 5.92 Å². The van der Waals surface area contributed by atoms with E-state index in [-0.39, 0.29) is 18.9 Å². The SMILES string of the molecule is CC[C@H](C)c1ccccc1N1C[C@H](C(=O)O)CC1=O. The number of carbonyl (C=O) groups excluding carboxylic acids is 1. The predicted octanol–water partition coefficient (Wildman–Crippen LogP) is 2.64. The van der Waals surface area contributed by atoms with Crippen LogP contribution in [0.5, 0.6) is 0 Å². The van der Waals surface area contributed by atoms with Crippen LogP contribution >= 0.6 is 0 Å². The number of nitrogens with zero attached hydrogens (tertiary/aromatic N) is 1. The maximum Gasteiger partial charge on any atom is 0.308 e. The number of carboxylic acids is 1. The van der Waals surface area contributed by atoms with E-state index in [1.54, 1.807) is 4.90 Å². The summed E-state index contributed by atoms with van der Waals surface area (Å²) >= 11 is 0. The lowest BCUT2D eigenvalue weighted by Crippen LogP contribution is -2.27. The molecule has 2 rings (SSSR count). The number of carboxylic acid groups (broad SMARTS) is 1. The van der Waals surface area contributed by atoms with Crippen LogP contribution in [-0.2, 0) is 9.59 Å². The Morgan fingerprint density at radius 1 is 1.47 bits per heavy atom. The second-order valence-electron chi connectivity index (χ2n) is 5.11. The Hall–Kier alpha value is -1.84. The molecule has 1 amide bonds. The average Bonchev–Trinajstić information content (AvgIpc) is 2.80. The second kappa shape index (κ2) is 5.43. The van der Waals surface area contributed by atoms with Gasteiger partial charge in [-0.05, 0) is 24.0 Å². The number of aliphatic carboxylic acids is 1. The zero-order valence-corrected chi connectivity index (χ0v) is 11.3.